The van der Waals surface area contributed by atoms with Gasteiger partial charge in [0.25, 0.3) is 0 Å². The number of anilines is 1. The predicted octanol–water partition coefficient (Wildman–Crippen LogP) is 3.03. The average Bonchev–Trinajstić information content (AvgIpc) is 2.16. The maximum Gasteiger partial charge on any atom is 0.409 e. The number of carboxylic acid groups (broad SMARTS) is 1. The molecule has 0 atom stereocenters. The van der Waals surface area contributed by atoms with Crippen LogP contribution in [0.1, 0.15) is 12.5 Å². The van der Waals surface area contributed by atoms with Gasteiger partial charge >= 0.3 is 6.09 Å². The first-order chi connectivity index (χ1) is 6.74. The van der Waals surface area contributed by atoms with Crippen molar-refractivity contribution < 1.29 is 9.90 Å². The van der Waals surface area contributed by atoms with Crippen LogP contribution in [0.5, 0.6) is 0 Å². The van der Waals surface area contributed by atoms with Crippen molar-refractivity contribution in [2.24, 2.45) is 0 Å². The molecule has 1 aromatic carbocycles. The normalized spacial score (nSPS) is 9.79. The van der Waals surface area contributed by atoms with Crippen LogP contribution in [0.25, 0.3) is 0 Å². The Morgan fingerprint density at radius 2 is 2.21 bits per heavy atom. The van der Waals surface area contributed by atoms with Gasteiger partial charge in [-0.3, -0.25) is 5.32 Å². The summed E-state index contributed by atoms with van der Waals surface area (Å²) in [5.41, 5.74) is 1.71. The van der Waals surface area contributed by atoms with Gasteiger partial charge < -0.3 is 5.11 Å². The molecule has 0 heterocycles. The minimum atomic E-state index is -1.01. The van der Waals surface area contributed by atoms with Crippen molar-refractivity contribution in [1.29, 1.82) is 0 Å². The highest BCUT2D eigenvalue weighted by Crippen LogP contribution is 2.20. The third-order valence-corrected chi connectivity index (χ3v) is 2.64. The van der Waals surface area contributed by atoms with Gasteiger partial charge in [-0.15, -0.1) is 0 Å². The van der Waals surface area contributed by atoms with Crippen molar-refractivity contribution in [2.45, 2.75) is 12.7 Å². The molecule has 2 N–H and O–H groups in total. The Hall–Kier alpha value is -1.16. The number of hydrogen-bond acceptors (Lipinski definition) is 2. The van der Waals surface area contributed by atoms with Gasteiger partial charge in [-0.2, -0.15) is 11.8 Å². The van der Waals surface area contributed by atoms with Gasteiger partial charge in [0.1, 0.15) is 0 Å². The molecule has 0 bridgehead atoms. The Labute approximate surface area is 87.5 Å². The van der Waals surface area contributed by atoms with E-state index in [4.69, 9.17) is 5.11 Å². The van der Waals surface area contributed by atoms with E-state index >= 15 is 0 Å². The van der Waals surface area contributed by atoms with Crippen LogP contribution in [0.2, 0.25) is 0 Å². The van der Waals surface area contributed by atoms with Crippen LogP contribution in [0, 0.1) is 0 Å². The highest BCUT2D eigenvalue weighted by atomic mass is 32.2. The number of nitrogens with one attached hydrogen (secondary N) is 1. The first kappa shape index (κ1) is 10.9. The van der Waals surface area contributed by atoms with E-state index in [0.29, 0.717) is 5.69 Å². The molecule has 76 valence electrons. The van der Waals surface area contributed by atoms with E-state index < -0.39 is 6.09 Å². The zero-order valence-electron chi connectivity index (χ0n) is 7.99. The molecule has 1 amide bonds. The second-order valence-corrected chi connectivity index (χ2v) is 4.00. The number of amides is 1. The standard InChI is InChI=1S/C10H13NO2S/c1-2-14-7-8-5-3-4-6-9(8)11-10(12)13/h3-6,11H,2,7H2,1H3,(H,12,13). The predicted molar refractivity (Wildman–Crippen MR) is 59.9 cm³/mol. The van der Waals surface area contributed by atoms with Gasteiger partial charge in [-0.1, -0.05) is 25.1 Å². The summed E-state index contributed by atoms with van der Waals surface area (Å²) in [6, 6.07) is 7.46. The Bertz CT molecular complexity index is 315. The van der Waals surface area contributed by atoms with Crippen molar-refractivity contribution in [3.05, 3.63) is 29.8 Å². The molecule has 0 radical (unpaired) electrons. The Morgan fingerprint density at radius 3 is 2.86 bits per heavy atom. The first-order valence-corrected chi connectivity index (χ1v) is 5.55. The second kappa shape index (κ2) is 5.54. The zero-order chi connectivity index (χ0) is 10.4. The monoisotopic (exact) mass is 211 g/mol. The topological polar surface area (TPSA) is 49.3 Å². The SMILES string of the molecule is CCSCc1ccccc1NC(=O)O. The molecule has 1 aromatic rings. The van der Waals surface area contributed by atoms with Crippen LogP contribution in [-0.4, -0.2) is 17.0 Å². The molecule has 0 aromatic heterocycles. The van der Waals surface area contributed by atoms with Crippen LogP contribution >= 0.6 is 11.8 Å². The molecule has 1 rings (SSSR count). The summed E-state index contributed by atoms with van der Waals surface area (Å²) in [7, 11) is 0. The van der Waals surface area contributed by atoms with E-state index in [0.717, 1.165) is 17.1 Å². The minimum absolute atomic E-state index is 0.681. The summed E-state index contributed by atoms with van der Waals surface area (Å²) < 4.78 is 0. The molecule has 4 heteroatoms. The molecule has 0 saturated heterocycles. The lowest BCUT2D eigenvalue weighted by Gasteiger charge is -2.07. The summed E-state index contributed by atoms with van der Waals surface area (Å²) in [4.78, 5) is 10.5. The molecular weight excluding hydrogens is 198 g/mol. The van der Waals surface area contributed by atoms with Crippen molar-refractivity contribution in [3.8, 4) is 0 Å². The number of para-hydroxylation sites is 1. The molecular formula is C10H13NO2S. The van der Waals surface area contributed by atoms with E-state index in [1.54, 1.807) is 17.8 Å². The van der Waals surface area contributed by atoms with Gasteiger partial charge in [0.05, 0.1) is 0 Å². The van der Waals surface area contributed by atoms with Crippen LogP contribution < -0.4 is 5.32 Å². The molecule has 0 saturated carbocycles. The number of thioether (sulfide) groups is 1. The average molecular weight is 211 g/mol. The molecule has 14 heavy (non-hydrogen) atoms. The smallest absolute Gasteiger partial charge is 0.409 e. The fourth-order valence-electron chi connectivity index (χ4n) is 1.10. The van der Waals surface area contributed by atoms with Gasteiger partial charge in [0, 0.05) is 11.4 Å². The van der Waals surface area contributed by atoms with Crippen molar-refractivity contribution >= 4 is 23.5 Å². The Balaban J connectivity index is 2.74. The lowest BCUT2D eigenvalue weighted by atomic mass is 10.2. The Morgan fingerprint density at radius 1 is 1.50 bits per heavy atom. The number of benzene rings is 1. The summed E-state index contributed by atoms with van der Waals surface area (Å²) >= 11 is 1.77. The van der Waals surface area contributed by atoms with E-state index in [1.807, 2.05) is 18.2 Å². The first-order valence-electron chi connectivity index (χ1n) is 4.39. The van der Waals surface area contributed by atoms with Crippen LogP contribution in [-0.2, 0) is 5.75 Å². The number of rotatable bonds is 4. The highest BCUT2D eigenvalue weighted by Gasteiger charge is 2.03. The molecule has 0 fully saturated rings. The third-order valence-electron chi connectivity index (χ3n) is 1.72. The Kier molecular flexibility index (Phi) is 4.32. The zero-order valence-corrected chi connectivity index (χ0v) is 8.80. The van der Waals surface area contributed by atoms with Gasteiger partial charge in [-0.25, -0.2) is 4.79 Å². The summed E-state index contributed by atoms with van der Waals surface area (Å²) in [5.74, 6) is 1.87. The molecule has 0 unspecified atom stereocenters. The minimum Gasteiger partial charge on any atom is -0.465 e. The van der Waals surface area contributed by atoms with Crippen LogP contribution in [0.3, 0.4) is 0 Å². The van der Waals surface area contributed by atoms with Crippen molar-refractivity contribution in [1.82, 2.24) is 0 Å². The molecule has 0 aliphatic heterocycles. The quantitative estimate of drug-likeness (QED) is 0.804. The largest absolute Gasteiger partial charge is 0.465 e. The maximum atomic E-state index is 10.5. The molecule has 0 aliphatic carbocycles. The molecule has 0 aliphatic rings. The summed E-state index contributed by atoms with van der Waals surface area (Å²) in [5, 5.41) is 11.0. The van der Waals surface area contributed by atoms with Gasteiger partial charge in [0.2, 0.25) is 0 Å². The number of carbonyl (C=O) groups is 1. The fraction of sp³-hybridized carbons (Fsp3) is 0.300. The van der Waals surface area contributed by atoms with Crippen LogP contribution in [0.15, 0.2) is 24.3 Å². The van der Waals surface area contributed by atoms with E-state index in [-0.39, 0.29) is 0 Å². The third kappa shape index (κ3) is 3.30. The molecule has 0 spiro atoms. The van der Waals surface area contributed by atoms with Crippen molar-refractivity contribution in [3.63, 3.8) is 0 Å². The van der Waals surface area contributed by atoms with E-state index in [9.17, 15) is 4.79 Å². The van der Waals surface area contributed by atoms with Crippen molar-refractivity contribution in [2.75, 3.05) is 11.1 Å². The lowest BCUT2D eigenvalue weighted by molar-refractivity contribution is 0.209. The van der Waals surface area contributed by atoms with E-state index in [1.165, 1.54) is 0 Å². The second-order valence-electron chi connectivity index (χ2n) is 2.72. The van der Waals surface area contributed by atoms with Crippen LogP contribution in [0.4, 0.5) is 10.5 Å². The maximum absolute atomic E-state index is 10.5. The summed E-state index contributed by atoms with van der Waals surface area (Å²) in [6.45, 7) is 2.08. The number of hydrogen-bond donors (Lipinski definition) is 2. The molecule has 3 nitrogen and oxygen atoms in total. The highest BCUT2D eigenvalue weighted by molar-refractivity contribution is 7.98. The summed E-state index contributed by atoms with van der Waals surface area (Å²) in [6.07, 6.45) is -1.01. The lowest BCUT2D eigenvalue weighted by Crippen LogP contribution is -2.08. The van der Waals surface area contributed by atoms with Gasteiger partial charge in [0.15, 0.2) is 0 Å². The van der Waals surface area contributed by atoms with E-state index in [2.05, 4.69) is 12.2 Å². The fourth-order valence-corrected chi connectivity index (χ4v) is 1.77. The van der Waals surface area contributed by atoms with Gasteiger partial charge in [-0.05, 0) is 17.4 Å².